The first kappa shape index (κ1) is 36.0. The van der Waals surface area contributed by atoms with Crippen LogP contribution in [0.2, 0.25) is 0 Å². The molecule has 240 valence electrons. The fourth-order valence-corrected chi connectivity index (χ4v) is 5.86. The smallest absolute Gasteiger partial charge is 0.411 e. The van der Waals surface area contributed by atoms with Crippen molar-refractivity contribution in [3.63, 3.8) is 0 Å². The van der Waals surface area contributed by atoms with E-state index in [4.69, 9.17) is 14.2 Å². The summed E-state index contributed by atoms with van der Waals surface area (Å²) in [5, 5.41) is 2.95. The number of ether oxygens (including phenoxy) is 3. The van der Waals surface area contributed by atoms with Gasteiger partial charge in [-0.2, -0.15) is 4.37 Å². The second-order valence-corrected chi connectivity index (χ2v) is 13.2. The average molecular weight is 610 g/mol. The summed E-state index contributed by atoms with van der Waals surface area (Å²) in [5.41, 5.74) is 1.55. The molecule has 0 saturated carbocycles. The molecule has 2 heterocycles. The Balaban J connectivity index is 1.66. The summed E-state index contributed by atoms with van der Waals surface area (Å²) in [7, 11) is 2.16. The minimum Gasteiger partial charge on any atom is -0.475 e. The van der Waals surface area contributed by atoms with E-state index in [9.17, 15) is 9.59 Å². The van der Waals surface area contributed by atoms with Gasteiger partial charge in [0.15, 0.2) is 0 Å². The van der Waals surface area contributed by atoms with E-state index in [1.165, 1.54) is 24.6 Å². The molecule has 1 aromatic heterocycles. The van der Waals surface area contributed by atoms with Gasteiger partial charge in [-0.1, -0.05) is 71.3 Å². The molecular formula is C32H57N4O5S+. The molecule has 1 aliphatic rings. The lowest BCUT2D eigenvalue weighted by molar-refractivity contribution is -0.946. The van der Waals surface area contributed by atoms with Crippen LogP contribution in [0, 0.1) is 0 Å². The monoisotopic (exact) mass is 609 g/mol. The van der Waals surface area contributed by atoms with Crippen molar-refractivity contribution in [3.8, 4) is 5.88 Å². The van der Waals surface area contributed by atoms with Crippen LogP contribution in [-0.4, -0.2) is 70.4 Å². The van der Waals surface area contributed by atoms with Crippen molar-refractivity contribution in [1.29, 1.82) is 0 Å². The summed E-state index contributed by atoms with van der Waals surface area (Å²) >= 11 is 1.19. The fourth-order valence-electron chi connectivity index (χ4n) is 5.33. The van der Waals surface area contributed by atoms with Crippen molar-refractivity contribution in [2.24, 2.45) is 0 Å². The van der Waals surface area contributed by atoms with E-state index in [-0.39, 0.29) is 18.3 Å². The first-order chi connectivity index (χ1) is 20.1. The summed E-state index contributed by atoms with van der Waals surface area (Å²) in [6, 6.07) is 0. The highest BCUT2D eigenvalue weighted by Crippen LogP contribution is 2.32. The quantitative estimate of drug-likeness (QED) is 0.0920. The number of nitrogens with one attached hydrogen (secondary N) is 1. The summed E-state index contributed by atoms with van der Waals surface area (Å²) < 4.78 is 26.9. The minimum atomic E-state index is -0.407. The van der Waals surface area contributed by atoms with Crippen LogP contribution in [0.4, 0.5) is 4.79 Å². The summed E-state index contributed by atoms with van der Waals surface area (Å²) in [4.78, 5) is 24.4. The number of carbonyl (C=O) groups is 2. The molecule has 0 aromatic carbocycles. The molecule has 10 heteroatoms. The Labute approximate surface area is 258 Å². The molecule has 2 unspecified atom stereocenters. The topological polar surface area (TPSA) is 99.6 Å². The van der Waals surface area contributed by atoms with Gasteiger partial charge in [-0.15, -0.1) is 4.37 Å². The van der Waals surface area contributed by atoms with E-state index in [0.29, 0.717) is 29.9 Å². The molecule has 1 aliphatic heterocycles. The highest BCUT2D eigenvalue weighted by Gasteiger charge is 2.38. The van der Waals surface area contributed by atoms with Crippen LogP contribution >= 0.6 is 11.7 Å². The molecule has 0 radical (unpaired) electrons. The highest BCUT2D eigenvalue weighted by molar-refractivity contribution is 6.99. The number of carbonyl (C=O) groups excluding carboxylic acids is 2. The number of quaternary nitrogens is 1. The van der Waals surface area contributed by atoms with Crippen LogP contribution < -0.4 is 10.1 Å². The molecule has 0 saturated heterocycles. The first-order valence-corrected chi connectivity index (χ1v) is 17.0. The van der Waals surface area contributed by atoms with Gasteiger partial charge in [-0.3, -0.25) is 9.28 Å². The molecule has 2 atom stereocenters. The van der Waals surface area contributed by atoms with E-state index < -0.39 is 5.60 Å². The fraction of sp³-hybridized carbons (Fsp3) is 0.812. The van der Waals surface area contributed by atoms with E-state index in [2.05, 4.69) is 41.0 Å². The van der Waals surface area contributed by atoms with Gasteiger partial charge < -0.3 is 19.5 Å². The van der Waals surface area contributed by atoms with E-state index in [1.807, 2.05) is 20.8 Å². The van der Waals surface area contributed by atoms with Crippen LogP contribution in [0.1, 0.15) is 130 Å². The number of hydrogen-bond acceptors (Lipinski definition) is 8. The number of esters is 1. The zero-order valence-corrected chi connectivity index (χ0v) is 28.0. The second kappa shape index (κ2) is 19.2. The number of alkyl carbamates (subject to hydrolysis) is 1. The van der Waals surface area contributed by atoms with Gasteiger partial charge >= 0.3 is 12.1 Å². The molecule has 9 nitrogen and oxygen atoms in total. The maximum Gasteiger partial charge on any atom is 0.411 e. The first-order valence-electron chi connectivity index (χ1n) is 16.2. The van der Waals surface area contributed by atoms with Crippen molar-refractivity contribution in [2.45, 2.75) is 136 Å². The predicted molar refractivity (Wildman–Crippen MR) is 169 cm³/mol. The number of likely N-dealkylation sites (N-methyl/N-ethyl adjacent to an activating group) is 1. The van der Waals surface area contributed by atoms with Crippen LogP contribution in [0.25, 0.3) is 5.57 Å². The van der Waals surface area contributed by atoms with Gasteiger partial charge in [0, 0.05) is 31.4 Å². The number of amides is 1. The number of unbranched alkanes of at least 4 members (excludes halogenated alkanes) is 9. The maximum absolute atomic E-state index is 12.7. The SMILES string of the molecule is CCCCCCOc1nsnc1C1=CCC[N+](C)(C(CC)OC(=O)NCCCCCCCCCC(=O)OC(C)(C)C)C1. The molecule has 0 aliphatic carbocycles. The Kier molecular flexibility index (Phi) is 16.4. The number of rotatable bonds is 20. The van der Waals surface area contributed by atoms with E-state index >= 15 is 0 Å². The third-order valence-electron chi connectivity index (χ3n) is 7.60. The van der Waals surface area contributed by atoms with E-state index in [1.54, 1.807) is 0 Å². The van der Waals surface area contributed by atoms with Gasteiger partial charge in [0.1, 0.15) is 17.8 Å². The van der Waals surface area contributed by atoms with Crippen molar-refractivity contribution < 1.29 is 28.3 Å². The Morgan fingerprint density at radius 3 is 2.38 bits per heavy atom. The van der Waals surface area contributed by atoms with Crippen molar-refractivity contribution in [2.75, 3.05) is 33.3 Å². The Bertz CT molecular complexity index is 961. The third-order valence-corrected chi connectivity index (χ3v) is 8.11. The number of nitrogens with zero attached hydrogens (tertiary/aromatic N) is 3. The Morgan fingerprint density at radius 1 is 1.00 bits per heavy atom. The lowest BCUT2D eigenvalue weighted by Gasteiger charge is -2.42. The molecule has 0 fully saturated rings. The number of hydrogen-bond donors (Lipinski definition) is 1. The summed E-state index contributed by atoms with van der Waals surface area (Å²) in [6.07, 6.45) is 15.7. The minimum absolute atomic E-state index is 0.108. The van der Waals surface area contributed by atoms with Crippen molar-refractivity contribution in [1.82, 2.24) is 14.1 Å². The molecule has 0 bridgehead atoms. The summed E-state index contributed by atoms with van der Waals surface area (Å²) in [6.45, 7) is 12.9. The molecule has 1 amide bonds. The van der Waals surface area contributed by atoms with Crippen LogP contribution in [-0.2, 0) is 14.3 Å². The molecular weight excluding hydrogens is 552 g/mol. The average Bonchev–Trinajstić information content (AvgIpc) is 3.40. The van der Waals surface area contributed by atoms with Gasteiger partial charge in [0.05, 0.1) is 31.9 Å². The molecule has 42 heavy (non-hydrogen) atoms. The highest BCUT2D eigenvalue weighted by atomic mass is 32.1. The van der Waals surface area contributed by atoms with Gasteiger partial charge in [0.25, 0.3) is 5.88 Å². The van der Waals surface area contributed by atoms with Gasteiger partial charge in [-0.05, 0) is 40.0 Å². The largest absolute Gasteiger partial charge is 0.475 e. The standard InChI is InChI=1S/C32H56N4O5S/c1-7-9-10-18-24-39-30-29(34-42-35-30)26-20-19-23-36(6,25-26)27(8-2)40-31(38)33-22-17-15-13-11-12-14-16-21-28(37)41-32(3,4)5/h20,27H,7-19,21-25H2,1-6H3/p+1. The molecule has 2 rings (SSSR count). The van der Waals surface area contributed by atoms with Crippen LogP contribution in [0.5, 0.6) is 5.88 Å². The van der Waals surface area contributed by atoms with Gasteiger partial charge in [-0.25, -0.2) is 4.79 Å². The molecule has 1 aromatic rings. The lowest BCUT2D eigenvalue weighted by atomic mass is 10.0. The summed E-state index contributed by atoms with van der Waals surface area (Å²) in [5.74, 6) is 0.520. The van der Waals surface area contributed by atoms with Crippen LogP contribution in [0.3, 0.4) is 0 Å². The van der Waals surface area contributed by atoms with E-state index in [0.717, 1.165) is 95.0 Å². The third kappa shape index (κ3) is 13.8. The predicted octanol–water partition coefficient (Wildman–Crippen LogP) is 7.66. The molecule has 0 spiro atoms. The normalized spacial score (nSPS) is 17.8. The Morgan fingerprint density at radius 2 is 1.69 bits per heavy atom. The van der Waals surface area contributed by atoms with Crippen molar-refractivity contribution >= 4 is 29.4 Å². The maximum atomic E-state index is 12.7. The number of aromatic nitrogens is 2. The van der Waals surface area contributed by atoms with Crippen LogP contribution in [0.15, 0.2) is 6.08 Å². The van der Waals surface area contributed by atoms with Crippen molar-refractivity contribution in [3.05, 3.63) is 11.8 Å². The lowest BCUT2D eigenvalue weighted by Crippen LogP contribution is -2.57. The Hall–Kier alpha value is -2.20. The molecule has 1 N–H and O–H groups in total. The zero-order chi connectivity index (χ0) is 30.8. The second-order valence-electron chi connectivity index (χ2n) is 12.7. The zero-order valence-electron chi connectivity index (χ0n) is 27.2. The van der Waals surface area contributed by atoms with Gasteiger partial charge in [0.2, 0.25) is 6.23 Å².